The SMILES string of the molecule is CC1CN(CCCN(C)C)CCC1CN. The van der Waals surface area contributed by atoms with Crippen LogP contribution in [0.3, 0.4) is 0 Å². The average molecular weight is 213 g/mol. The lowest BCUT2D eigenvalue weighted by Gasteiger charge is -2.36. The van der Waals surface area contributed by atoms with Gasteiger partial charge in [0, 0.05) is 6.54 Å². The van der Waals surface area contributed by atoms with Crippen molar-refractivity contribution >= 4 is 0 Å². The number of nitrogens with zero attached hydrogens (tertiary/aromatic N) is 2. The van der Waals surface area contributed by atoms with Crippen molar-refractivity contribution in [3.8, 4) is 0 Å². The molecule has 1 aliphatic rings. The minimum absolute atomic E-state index is 0.759. The first-order valence-corrected chi connectivity index (χ1v) is 6.20. The molecule has 3 nitrogen and oxygen atoms in total. The molecule has 15 heavy (non-hydrogen) atoms. The van der Waals surface area contributed by atoms with Crippen molar-refractivity contribution in [2.75, 3.05) is 46.8 Å². The van der Waals surface area contributed by atoms with Gasteiger partial charge in [-0.05, 0) is 65.0 Å². The van der Waals surface area contributed by atoms with Gasteiger partial charge >= 0.3 is 0 Å². The average Bonchev–Trinajstić information content (AvgIpc) is 2.17. The molecule has 1 heterocycles. The molecular formula is C12H27N3. The van der Waals surface area contributed by atoms with E-state index in [0.29, 0.717) is 0 Å². The van der Waals surface area contributed by atoms with E-state index < -0.39 is 0 Å². The number of rotatable bonds is 5. The Morgan fingerprint density at radius 1 is 1.40 bits per heavy atom. The maximum Gasteiger partial charge on any atom is 0.00102 e. The second-order valence-corrected chi connectivity index (χ2v) is 5.22. The summed E-state index contributed by atoms with van der Waals surface area (Å²) in [6.45, 7) is 8.16. The van der Waals surface area contributed by atoms with Gasteiger partial charge < -0.3 is 15.5 Å². The molecule has 2 atom stereocenters. The molecule has 0 aromatic heterocycles. The van der Waals surface area contributed by atoms with Gasteiger partial charge in [0.15, 0.2) is 0 Å². The Morgan fingerprint density at radius 2 is 2.13 bits per heavy atom. The number of likely N-dealkylation sites (tertiary alicyclic amines) is 1. The Bertz CT molecular complexity index is 170. The minimum Gasteiger partial charge on any atom is -0.330 e. The van der Waals surface area contributed by atoms with Crippen LogP contribution >= 0.6 is 0 Å². The van der Waals surface area contributed by atoms with E-state index in [2.05, 4.69) is 30.8 Å². The molecule has 1 rings (SSSR count). The van der Waals surface area contributed by atoms with Gasteiger partial charge in [0.2, 0.25) is 0 Å². The standard InChI is InChI=1S/C12H27N3/c1-11-10-15(7-4-6-14(2)3)8-5-12(11)9-13/h11-12H,4-10,13H2,1-3H3. The molecule has 0 aliphatic carbocycles. The fourth-order valence-corrected chi connectivity index (χ4v) is 2.44. The lowest BCUT2D eigenvalue weighted by molar-refractivity contribution is 0.129. The summed E-state index contributed by atoms with van der Waals surface area (Å²) in [6.07, 6.45) is 2.58. The molecule has 2 unspecified atom stereocenters. The zero-order valence-electron chi connectivity index (χ0n) is 10.6. The topological polar surface area (TPSA) is 32.5 Å². The van der Waals surface area contributed by atoms with Gasteiger partial charge in [0.1, 0.15) is 0 Å². The molecule has 0 aromatic rings. The van der Waals surface area contributed by atoms with Crippen LogP contribution in [0.5, 0.6) is 0 Å². The molecule has 0 aromatic carbocycles. The van der Waals surface area contributed by atoms with Crippen LogP contribution in [0.4, 0.5) is 0 Å². The molecule has 3 heteroatoms. The predicted octanol–water partition coefficient (Wildman–Crippen LogP) is 0.855. The summed E-state index contributed by atoms with van der Waals surface area (Å²) in [4.78, 5) is 4.86. The zero-order valence-corrected chi connectivity index (χ0v) is 10.6. The number of hydrogen-bond donors (Lipinski definition) is 1. The molecule has 1 aliphatic heterocycles. The van der Waals surface area contributed by atoms with Crippen molar-refractivity contribution in [3.05, 3.63) is 0 Å². The second kappa shape index (κ2) is 6.46. The van der Waals surface area contributed by atoms with Crippen molar-refractivity contribution in [1.82, 2.24) is 9.80 Å². The Labute approximate surface area is 94.6 Å². The third kappa shape index (κ3) is 4.49. The maximum absolute atomic E-state index is 5.75. The molecule has 1 fully saturated rings. The summed E-state index contributed by atoms with van der Waals surface area (Å²) in [6, 6.07) is 0. The van der Waals surface area contributed by atoms with E-state index in [0.717, 1.165) is 18.4 Å². The van der Waals surface area contributed by atoms with Crippen molar-refractivity contribution in [1.29, 1.82) is 0 Å². The van der Waals surface area contributed by atoms with Gasteiger partial charge in [-0.25, -0.2) is 0 Å². The first kappa shape index (κ1) is 12.9. The van der Waals surface area contributed by atoms with Crippen LogP contribution in [0.1, 0.15) is 19.8 Å². The Balaban J connectivity index is 2.17. The van der Waals surface area contributed by atoms with Gasteiger partial charge in [-0.15, -0.1) is 0 Å². The fraction of sp³-hybridized carbons (Fsp3) is 1.00. The highest BCUT2D eigenvalue weighted by molar-refractivity contribution is 4.78. The molecule has 0 amide bonds. The summed E-state index contributed by atoms with van der Waals surface area (Å²) in [5.41, 5.74) is 5.75. The molecule has 0 bridgehead atoms. The van der Waals surface area contributed by atoms with E-state index >= 15 is 0 Å². The van der Waals surface area contributed by atoms with Crippen LogP contribution in [-0.4, -0.2) is 56.6 Å². The Hall–Kier alpha value is -0.120. The normalized spacial score (nSPS) is 28.6. The van der Waals surface area contributed by atoms with Crippen molar-refractivity contribution < 1.29 is 0 Å². The molecule has 0 saturated carbocycles. The van der Waals surface area contributed by atoms with Crippen LogP contribution in [0.25, 0.3) is 0 Å². The van der Waals surface area contributed by atoms with Crippen LogP contribution in [0.15, 0.2) is 0 Å². The summed E-state index contributed by atoms with van der Waals surface area (Å²) >= 11 is 0. The Kier molecular flexibility index (Phi) is 5.58. The summed E-state index contributed by atoms with van der Waals surface area (Å²) in [5.74, 6) is 1.54. The molecule has 0 radical (unpaired) electrons. The van der Waals surface area contributed by atoms with Gasteiger partial charge in [-0.1, -0.05) is 6.92 Å². The molecular weight excluding hydrogens is 186 g/mol. The van der Waals surface area contributed by atoms with Gasteiger partial charge in [0.25, 0.3) is 0 Å². The maximum atomic E-state index is 5.75. The van der Waals surface area contributed by atoms with E-state index in [9.17, 15) is 0 Å². The molecule has 1 saturated heterocycles. The van der Waals surface area contributed by atoms with Crippen molar-refractivity contribution in [2.24, 2.45) is 17.6 Å². The largest absolute Gasteiger partial charge is 0.330 e. The van der Waals surface area contributed by atoms with Gasteiger partial charge in [-0.2, -0.15) is 0 Å². The van der Waals surface area contributed by atoms with Gasteiger partial charge in [0.05, 0.1) is 0 Å². The lowest BCUT2D eigenvalue weighted by Crippen LogP contribution is -2.42. The lowest BCUT2D eigenvalue weighted by atomic mass is 9.87. The van der Waals surface area contributed by atoms with Crippen LogP contribution in [0, 0.1) is 11.8 Å². The third-order valence-corrected chi connectivity index (χ3v) is 3.55. The number of nitrogens with two attached hydrogens (primary N) is 1. The highest BCUT2D eigenvalue weighted by atomic mass is 15.1. The smallest absolute Gasteiger partial charge is 0.00102 e. The first-order chi connectivity index (χ1) is 7.13. The van der Waals surface area contributed by atoms with E-state index in [1.165, 1.54) is 39.0 Å². The highest BCUT2D eigenvalue weighted by Gasteiger charge is 2.24. The second-order valence-electron chi connectivity index (χ2n) is 5.22. The molecule has 0 spiro atoms. The van der Waals surface area contributed by atoms with Gasteiger partial charge in [-0.3, -0.25) is 0 Å². The zero-order chi connectivity index (χ0) is 11.3. The Morgan fingerprint density at radius 3 is 2.67 bits per heavy atom. The summed E-state index contributed by atoms with van der Waals surface area (Å²) in [5, 5.41) is 0. The van der Waals surface area contributed by atoms with E-state index in [4.69, 9.17) is 5.73 Å². The minimum atomic E-state index is 0.759. The molecule has 90 valence electrons. The quantitative estimate of drug-likeness (QED) is 0.735. The van der Waals surface area contributed by atoms with Crippen LogP contribution in [-0.2, 0) is 0 Å². The third-order valence-electron chi connectivity index (χ3n) is 3.55. The van der Waals surface area contributed by atoms with Crippen LogP contribution in [0.2, 0.25) is 0 Å². The highest BCUT2D eigenvalue weighted by Crippen LogP contribution is 2.21. The number of piperidine rings is 1. The number of hydrogen-bond acceptors (Lipinski definition) is 3. The van der Waals surface area contributed by atoms with E-state index in [1.807, 2.05) is 0 Å². The summed E-state index contributed by atoms with van der Waals surface area (Å²) < 4.78 is 0. The van der Waals surface area contributed by atoms with Crippen LogP contribution < -0.4 is 5.73 Å². The first-order valence-electron chi connectivity index (χ1n) is 6.20. The van der Waals surface area contributed by atoms with E-state index in [-0.39, 0.29) is 0 Å². The van der Waals surface area contributed by atoms with E-state index in [1.54, 1.807) is 0 Å². The predicted molar refractivity (Wildman–Crippen MR) is 65.9 cm³/mol. The fourth-order valence-electron chi connectivity index (χ4n) is 2.44. The van der Waals surface area contributed by atoms with Crippen molar-refractivity contribution in [3.63, 3.8) is 0 Å². The molecule has 2 N–H and O–H groups in total. The monoisotopic (exact) mass is 213 g/mol. The summed E-state index contributed by atoms with van der Waals surface area (Å²) in [7, 11) is 4.28. The van der Waals surface area contributed by atoms with Crippen molar-refractivity contribution in [2.45, 2.75) is 19.8 Å².